The molecule has 3 rings (SSSR count). The Morgan fingerprint density at radius 3 is 2.24 bits per heavy atom. The maximum Gasteiger partial charge on any atom is 0.243 e. The lowest BCUT2D eigenvalue weighted by Gasteiger charge is -2.32. The molecule has 202 valence electrons. The van der Waals surface area contributed by atoms with E-state index in [1.807, 2.05) is 56.3 Å². The average molecular weight is 521 g/mol. The molecule has 1 N–H and O–H groups in total. The minimum atomic E-state index is -0.798. The van der Waals surface area contributed by atoms with Gasteiger partial charge in [-0.25, -0.2) is 4.39 Å². The van der Waals surface area contributed by atoms with Crippen molar-refractivity contribution in [3.63, 3.8) is 0 Å². The summed E-state index contributed by atoms with van der Waals surface area (Å²) in [5, 5.41) is 2.98. The van der Waals surface area contributed by atoms with Crippen molar-refractivity contribution >= 4 is 11.8 Å². The number of amides is 2. The minimum Gasteiger partial charge on any atom is -0.493 e. The molecule has 0 aliphatic heterocycles. The Kier molecular flexibility index (Phi) is 10.7. The van der Waals surface area contributed by atoms with Gasteiger partial charge in [-0.1, -0.05) is 68.4 Å². The molecular formula is C31H37FN2O4. The van der Waals surface area contributed by atoms with Crippen LogP contribution >= 0.6 is 0 Å². The second-order valence-electron chi connectivity index (χ2n) is 9.65. The molecule has 3 aromatic rings. The van der Waals surface area contributed by atoms with E-state index in [1.54, 1.807) is 38.5 Å². The number of hydrogen-bond acceptors (Lipinski definition) is 4. The van der Waals surface area contributed by atoms with Gasteiger partial charge in [0.2, 0.25) is 11.8 Å². The van der Waals surface area contributed by atoms with Crippen LogP contribution in [0.4, 0.5) is 4.39 Å². The van der Waals surface area contributed by atoms with Crippen LogP contribution in [0.1, 0.15) is 37.0 Å². The van der Waals surface area contributed by atoms with E-state index in [4.69, 9.17) is 9.47 Å². The second-order valence-corrected chi connectivity index (χ2v) is 9.65. The number of hydrogen-bond donors (Lipinski definition) is 1. The van der Waals surface area contributed by atoms with Gasteiger partial charge in [-0.05, 0) is 41.7 Å². The lowest BCUT2D eigenvalue weighted by atomic mass is 10.0. The molecule has 0 bridgehead atoms. The summed E-state index contributed by atoms with van der Waals surface area (Å²) in [5.41, 5.74) is 2.18. The number of halogens is 1. The summed E-state index contributed by atoms with van der Waals surface area (Å²) in [5.74, 6) is 0.537. The van der Waals surface area contributed by atoms with Crippen molar-refractivity contribution in [1.29, 1.82) is 0 Å². The molecule has 0 aromatic heterocycles. The first kappa shape index (κ1) is 28.7. The molecule has 6 nitrogen and oxygen atoms in total. The Hall–Kier alpha value is -3.87. The highest BCUT2D eigenvalue weighted by molar-refractivity contribution is 5.88. The molecule has 0 unspecified atom stereocenters. The van der Waals surface area contributed by atoms with Crippen LogP contribution < -0.4 is 14.8 Å². The van der Waals surface area contributed by atoms with Gasteiger partial charge >= 0.3 is 0 Å². The van der Waals surface area contributed by atoms with Crippen LogP contribution in [-0.4, -0.2) is 43.5 Å². The van der Waals surface area contributed by atoms with E-state index in [1.165, 1.54) is 11.0 Å². The molecule has 7 heteroatoms. The highest BCUT2D eigenvalue weighted by atomic mass is 19.1. The summed E-state index contributed by atoms with van der Waals surface area (Å²) in [6, 6.07) is 20.6. The number of nitrogens with zero attached hydrogens (tertiary/aromatic N) is 1. The highest BCUT2D eigenvalue weighted by Crippen LogP contribution is 2.28. The van der Waals surface area contributed by atoms with Gasteiger partial charge in [0.15, 0.2) is 11.5 Å². The number of carbonyl (C=O) groups is 2. The molecule has 3 aromatic carbocycles. The lowest BCUT2D eigenvalue weighted by molar-refractivity contribution is -0.141. The fourth-order valence-corrected chi connectivity index (χ4v) is 4.22. The molecule has 0 spiro atoms. The van der Waals surface area contributed by atoms with Gasteiger partial charge in [-0.3, -0.25) is 9.59 Å². The monoisotopic (exact) mass is 520 g/mol. The molecule has 0 saturated carbocycles. The van der Waals surface area contributed by atoms with Crippen molar-refractivity contribution in [2.24, 2.45) is 5.92 Å². The van der Waals surface area contributed by atoms with Gasteiger partial charge < -0.3 is 19.7 Å². The van der Waals surface area contributed by atoms with Gasteiger partial charge in [-0.15, -0.1) is 0 Å². The number of ether oxygens (including phenoxy) is 2. The van der Waals surface area contributed by atoms with Gasteiger partial charge in [-0.2, -0.15) is 0 Å². The van der Waals surface area contributed by atoms with Crippen molar-refractivity contribution in [3.8, 4) is 11.5 Å². The molecule has 0 radical (unpaired) electrons. The first-order chi connectivity index (χ1) is 18.3. The smallest absolute Gasteiger partial charge is 0.243 e. The van der Waals surface area contributed by atoms with Gasteiger partial charge in [0.05, 0.1) is 14.2 Å². The Labute approximate surface area is 224 Å². The van der Waals surface area contributed by atoms with Crippen molar-refractivity contribution in [3.05, 3.63) is 95.3 Å². The Balaban J connectivity index is 1.91. The standard InChI is InChI=1S/C31H37FN2O4/c1-22(2)20-33-31(36)27(18-23-10-6-5-7-11-23)34(21-25-12-8-9-13-26(25)32)30(35)17-15-24-14-16-28(37-3)29(19-24)38-4/h5-14,16,19,22,27H,15,17-18,20-21H2,1-4H3,(H,33,36)/t27-/m0/s1. The fraction of sp³-hybridized carbons (Fsp3) is 0.355. The number of rotatable bonds is 13. The Morgan fingerprint density at radius 1 is 0.895 bits per heavy atom. The maximum absolute atomic E-state index is 14.7. The van der Waals surface area contributed by atoms with E-state index >= 15 is 0 Å². The topological polar surface area (TPSA) is 67.9 Å². The fourth-order valence-electron chi connectivity index (χ4n) is 4.22. The Morgan fingerprint density at radius 2 is 1.58 bits per heavy atom. The quantitative estimate of drug-likeness (QED) is 0.337. The molecule has 0 aliphatic carbocycles. The second kappa shape index (κ2) is 14.2. The predicted molar refractivity (Wildman–Crippen MR) is 147 cm³/mol. The third-order valence-electron chi connectivity index (χ3n) is 6.33. The molecule has 38 heavy (non-hydrogen) atoms. The zero-order valence-corrected chi connectivity index (χ0v) is 22.6. The maximum atomic E-state index is 14.7. The van der Waals surface area contributed by atoms with Crippen LogP contribution in [0.3, 0.4) is 0 Å². The predicted octanol–water partition coefficient (Wildman–Crippen LogP) is 5.19. The number of nitrogens with one attached hydrogen (secondary N) is 1. The van der Waals surface area contributed by atoms with Gasteiger partial charge in [0, 0.05) is 31.5 Å². The van der Waals surface area contributed by atoms with Crippen LogP contribution in [-0.2, 0) is 29.0 Å². The third kappa shape index (κ3) is 8.07. The molecule has 0 saturated heterocycles. The number of aryl methyl sites for hydroxylation is 1. The first-order valence-corrected chi connectivity index (χ1v) is 12.9. The summed E-state index contributed by atoms with van der Waals surface area (Å²) >= 11 is 0. The zero-order valence-electron chi connectivity index (χ0n) is 22.6. The summed E-state index contributed by atoms with van der Waals surface area (Å²) in [6.07, 6.45) is 0.895. The SMILES string of the molecule is COc1ccc(CCC(=O)N(Cc2ccccc2F)[C@@H](Cc2ccccc2)C(=O)NCC(C)C)cc1OC. The number of methoxy groups -OCH3 is 2. The van der Waals surface area contributed by atoms with Crippen LogP contribution in [0.5, 0.6) is 11.5 Å². The van der Waals surface area contributed by atoms with Crippen LogP contribution in [0, 0.1) is 11.7 Å². The van der Waals surface area contributed by atoms with E-state index in [2.05, 4.69) is 5.32 Å². The molecule has 2 amide bonds. The third-order valence-corrected chi connectivity index (χ3v) is 6.33. The minimum absolute atomic E-state index is 0.00988. The number of benzene rings is 3. The largest absolute Gasteiger partial charge is 0.493 e. The van der Waals surface area contributed by atoms with Crippen LogP contribution in [0.2, 0.25) is 0 Å². The number of carbonyl (C=O) groups excluding carboxylic acids is 2. The molecule has 0 heterocycles. The van der Waals surface area contributed by atoms with Crippen molar-refractivity contribution in [2.45, 2.75) is 45.7 Å². The first-order valence-electron chi connectivity index (χ1n) is 12.9. The van der Waals surface area contributed by atoms with E-state index in [0.717, 1.165) is 11.1 Å². The van der Waals surface area contributed by atoms with Crippen molar-refractivity contribution < 1.29 is 23.5 Å². The summed E-state index contributed by atoms with van der Waals surface area (Å²) in [7, 11) is 3.13. The van der Waals surface area contributed by atoms with Gasteiger partial charge in [0.1, 0.15) is 11.9 Å². The van der Waals surface area contributed by atoms with E-state index < -0.39 is 11.9 Å². The van der Waals surface area contributed by atoms with E-state index in [0.29, 0.717) is 36.4 Å². The van der Waals surface area contributed by atoms with Crippen molar-refractivity contribution in [2.75, 3.05) is 20.8 Å². The normalized spacial score (nSPS) is 11.6. The molecule has 0 aliphatic rings. The Bertz CT molecular complexity index is 1200. The summed E-state index contributed by atoms with van der Waals surface area (Å²) in [6.45, 7) is 4.50. The summed E-state index contributed by atoms with van der Waals surface area (Å²) < 4.78 is 25.4. The molecular weight excluding hydrogens is 483 g/mol. The van der Waals surface area contributed by atoms with Crippen molar-refractivity contribution in [1.82, 2.24) is 10.2 Å². The molecule has 0 fully saturated rings. The molecule has 1 atom stereocenters. The highest BCUT2D eigenvalue weighted by Gasteiger charge is 2.30. The lowest BCUT2D eigenvalue weighted by Crippen LogP contribution is -2.51. The average Bonchev–Trinajstić information content (AvgIpc) is 2.93. The van der Waals surface area contributed by atoms with E-state index in [-0.39, 0.29) is 30.7 Å². The van der Waals surface area contributed by atoms with E-state index in [9.17, 15) is 14.0 Å². The zero-order chi connectivity index (χ0) is 27.5. The summed E-state index contributed by atoms with van der Waals surface area (Å²) in [4.78, 5) is 28.7. The van der Waals surface area contributed by atoms with Crippen LogP contribution in [0.25, 0.3) is 0 Å². The van der Waals surface area contributed by atoms with Crippen LogP contribution in [0.15, 0.2) is 72.8 Å². The van der Waals surface area contributed by atoms with Gasteiger partial charge in [0.25, 0.3) is 0 Å².